The van der Waals surface area contributed by atoms with Crippen LogP contribution in [0.1, 0.15) is 5.56 Å². The van der Waals surface area contributed by atoms with Crippen molar-refractivity contribution in [3.05, 3.63) is 66.4 Å². The van der Waals surface area contributed by atoms with E-state index in [1.807, 2.05) is 24.3 Å². The molecule has 0 spiro atoms. The molecule has 2 N–H and O–H groups in total. The summed E-state index contributed by atoms with van der Waals surface area (Å²) >= 11 is 0. The number of phenolic OH excluding ortho intramolecular Hbond substituents is 1. The standard InChI is InChI=1S/C16H13FN2O2/c17-13-4-11(5-15(20)7-13)8-19-14-3-1-2-12(6-14)16-9-18-10-21-16/h1-7,9-10,19-20H,8H2. The second-order valence-electron chi connectivity index (χ2n) is 4.62. The number of benzene rings is 2. The quantitative estimate of drug-likeness (QED) is 0.765. The highest BCUT2D eigenvalue weighted by atomic mass is 19.1. The normalized spacial score (nSPS) is 10.5. The lowest BCUT2D eigenvalue weighted by molar-refractivity contribution is 0.468. The topological polar surface area (TPSA) is 58.3 Å². The fourth-order valence-corrected chi connectivity index (χ4v) is 2.08. The van der Waals surface area contributed by atoms with E-state index >= 15 is 0 Å². The van der Waals surface area contributed by atoms with Crippen molar-refractivity contribution in [1.82, 2.24) is 4.98 Å². The van der Waals surface area contributed by atoms with Crippen molar-refractivity contribution in [2.45, 2.75) is 6.54 Å². The molecule has 0 amide bonds. The summed E-state index contributed by atoms with van der Waals surface area (Å²) in [5.74, 6) is 0.145. The number of aromatic hydroxyl groups is 1. The molecule has 0 aliphatic carbocycles. The molecule has 0 unspecified atom stereocenters. The lowest BCUT2D eigenvalue weighted by atomic mass is 10.1. The van der Waals surface area contributed by atoms with Crippen LogP contribution in [0.4, 0.5) is 10.1 Å². The summed E-state index contributed by atoms with van der Waals surface area (Å²) in [5.41, 5.74) is 2.44. The van der Waals surface area contributed by atoms with E-state index in [1.165, 1.54) is 18.5 Å². The Hall–Kier alpha value is -2.82. The average Bonchev–Trinajstić information content (AvgIpc) is 2.99. The summed E-state index contributed by atoms with van der Waals surface area (Å²) < 4.78 is 18.4. The van der Waals surface area contributed by atoms with Gasteiger partial charge < -0.3 is 14.8 Å². The molecule has 0 fully saturated rings. The largest absolute Gasteiger partial charge is 0.508 e. The SMILES string of the molecule is Oc1cc(F)cc(CNc2cccc(-c3cnco3)c2)c1. The summed E-state index contributed by atoms with van der Waals surface area (Å²) in [4.78, 5) is 3.88. The first-order valence-corrected chi connectivity index (χ1v) is 6.42. The Kier molecular flexibility index (Phi) is 3.55. The Morgan fingerprint density at radius 1 is 1.19 bits per heavy atom. The summed E-state index contributed by atoms with van der Waals surface area (Å²) in [6.45, 7) is 0.408. The van der Waals surface area contributed by atoms with Gasteiger partial charge in [-0.1, -0.05) is 12.1 Å². The third-order valence-electron chi connectivity index (χ3n) is 3.02. The van der Waals surface area contributed by atoms with Gasteiger partial charge in [-0.3, -0.25) is 0 Å². The lowest BCUT2D eigenvalue weighted by Gasteiger charge is -2.08. The second kappa shape index (κ2) is 5.66. The Morgan fingerprint density at radius 2 is 2.10 bits per heavy atom. The van der Waals surface area contributed by atoms with Crippen LogP contribution in [-0.4, -0.2) is 10.1 Å². The van der Waals surface area contributed by atoms with Gasteiger partial charge in [-0.05, 0) is 29.8 Å². The molecule has 0 radical (unpaired) electrons. The monoisotopic (exact) mass is 284 g/mol. The predicted molar refractivity (Wildman–Crippen MR) is 77.3 cm³/mol. The molecule has 4 nitrogen and oxygen atoms in total. The van der Waals surface area contributed by atoms with Crippen LogP contribution >= 0.6 is 0 Å². The number of oxazole rings is 1. The minimum Gasteiger partial charge on any atom is -0.508 e. The van der Waals surface area contributed by atoms with Crippen molar-refractivity contribution in [1.29, 1.82) is 0 Å². The minimum absolute atomic E-state index is 0.0813. The molecule has 0 aliphatic rings. The fourth-order valence-electron chi connectivity index (χ4n) is 2.08. The van der Waals surface area contributed by atoms with Crippen LogP contribution < -0.4 is 5.32 Å². The van der Waals surface area contributed by atoms with Gasteiger partial charge in [0.25, 0.3) is 0 Å². The molecule has 0 saturated heterocycles. The van der Waals surface area contributed by atoms with Gasteiger partial charge in [-0.15, -0.1) is 0 Å². The molecule has 0 atom stereocenters. The summed E-state index contributed by atoms with van der Waals surface area (Å²) in [7, 11) is 0. The van der Waals surface area contributed by atoms with E-state index in [4.69, 9.17) is 4.42 Å². The van der Waals surface area contributed by atoms with Crippen LogP contribution in [0.2, 0.25) is 0 Å². The Balaban J connectivity index is 1.75. The number of rotatable bonds is 4. The van der Waals surface area contributed by atoms with Crippen LogP contribution in [-0.2, 0) is 6.54 Å². The number of phenols is 1. The number of hydrogen-bond donors (Lipinski definition) is 2. The van der Waals surface area contributed by atoms with Crippen molar-refractivity contribution in [3.8, 4) is 17.1 Å². The van der Waals surface area contributed by atoms with Crippen molar-refractivity contribution < 1.29 is 13.9 Å². The van der Waals surface area contributed by atoms with Gasteiger partial charge in [-0.2, -0.15) is 0 Å². The number of aromatic nitrogens is 1. The van der Waals surface area contributed by atoms with Crippen LogP contribution in [0.3, 0.4) is 0 Å². The smallest absolute Gasteiger partial charge is 0.181 e. The summed E-state index contributed by atoms with van der Waals surface area (Å²) in [6, 6.07) is 11.6. The van der Waals surface area contributed by atoms with E-state index < -0.39 is 5.82 Å². The highest BCUT2D eigenvalue weighted by Crippen LogP contribution is 2.23. The maximum atomic E-state index is 13.2. The van der Waals surface area contributed by atoms with Crippen molar-refractivity contribution in [2.24, 2.45) is 0 Å². The van der Waals surface area contributed by atoms with Crippen LogP contribution in [0.5, 0.6) is 5.75 Å². The summed E-state index contributed by atoms with van der Waals surface area (Å²) in [6.07, 6.45) is 3.02. The van der Waals surface area contributed by atoms with Crippen LogP contribution in [0, 0.1) is 5.82 Å². The number of nitrogens with zero attached hydrogens (tertiary/aromatic N) is 1. The molecule has 5 heteroatoms. The van der Waals surface area contributed by atoms with E-state index in [1.54, 1.807) is 6.20 Å². The third-order valence-corrected chi connectivity index (χ3v) is 3.02. The zero-order chi connectivity index (χ0) is 14.7. The third kappa shape index (κ3) is 3.20. The molecule has 3 aromatic rings. The number of halogens is 1. The zero-order valence-electron chi connectivity index (χ0n) is 11.1. The van der Waals surface area contributed by atoms with E-state index in [0.717, 1.165) is 17.3 Å². The maximum Gasteiger partial charge on any atom is 0.181 e. The van der Waals surface area contributed by atoms with E-state index in [9.17, 15) is 9.50 Å². The van der Waals surface area contributed by atoms with Gasteiger partial charge in [0.1, 0.15) is 11.6 Å². The molecule has 0 saturated carbocycles. The maximum absolute atomic E-state index is 13.2. The van der Waals surface area contributed by atoms with Crippen LogP contribution in [0.25, 0.3) is 11.3 Å². The van der Waals surface area contributed by atoms with Crippen molar-refractivity contribution >= 4 is 5.69 Å². The van der Waals surface area contributed by atoms with E-state index in [2.05, 4.69) is 10.3 Å². The molecule has 106 valence electrons. The zero-order valence-corrected chi connectivity index (χ0v) is 11.1. The number of anilines is 1. The van der Waals surface area contributed by atoms with Crippen molar-refractivity contribution in [3.63, 3.8) is 0 Å². The van der Waals surface area contributed by atoms with Crippen molar-refractivity contribution in [2.75, 3.05) is 5.32 Å². The Labute approximate surface area is 120 Å². The molecule has 1 heterocycles. The van der Waals surface area contributed by atoms with E-state index in [-0.39, 0.29) is 5.75 Å². The first kappa shape index (κ1) is 13.2. The molecule has 3 rings (SSSR count). The molecular formula is C16H13FN2O2. The van der Waals surface area contributed by atoms with Gasteiger partial charge in [0, 0.05) is 23.9 Å². The minimum atomic E-state index is -0.456. The molecule has 1 aromatic heterocycles. The molecule has 0 aliphatic heterocycles. The average molecular weight is 284 g/mol. The van der Waals surface area contributed by atoms with Gasteiger partial charge in [0.05, 0.1) is 6.20 Å². The van der Waals surface area contributed by atoms with E-state index in [0.29, 0.717) is 17.9 Å². The highest BCUT2D eigenvalue weighted by Gasteiger charge is 2.03. The first-order chi connectivity index (χ1) is 10.2. The Bertz CT molecular complexity index is 722. The molecule has 2 aromatic carbocycles. The van der Waals surface area contributed by atoms with Gasteiger partial charge in [0.2, 0.25) is 0 Å². The molecule has 0 bridgehead atoms. The summed E-state index contributed by atoms with van der Waals surface area (Å²) in [5, 5.41) is 12.6. The Morgan fingerprint density at radius 3 is 2.86 bits per heavy atom. The van der Waals surface area contributed by atoms with Gasteiger partial charge >= 0.3 is 0 Å². The predicted octanol–water partition coefficient (Wildman–Crippen LogP) is 3.80. The first-order valence-electron chi connectivity index (χ1n) is 6.42. The number of nitrogens with one attached hydrogen (secondary N) is 1. The van der Waals surface area contributed by atoms with Crippen LogP contribution in [0.15, 0.2) is 59.5 Å². The highest BCUT2D eigenvalue weighted by molar-refractivity contribution is 5.63. The number of hydrogen-bond acceptors (Lipinski definition) is 4. The lowest BCUT2D eigenvalue weighted by Crippen LogP contribution is -1.99. The van der Waals surface area contributed by atoms with Gasteiger partial charge in [0.15, 0.2) is 12.2 Å². The molecule has 21 heavy (non-hydrogen) atoms. The fraction of sp³-hybridized carbons (Fsp3) is 0.0625. The van der Waals surface area contributed by atoms with Gasteiger partial charge in [-0.25, -0.2) is 9.37 Å². The molecular weight excluding hydrogens is 271 g/mol. The second-order valence-corrected chi connectivity index (χ2v) is 4.62.